The molecule has 2 aromatic carbocycles. The van der Waals surface area contributed by atoms with Crippen LogP contribution in [0.25, 0.3) is 0 Å². The van der Waals surface area contributed by atoms with Crippen molar-refractivity contribution in [2.24, 2.45) is 0 Å². The van der Waals surface area contributed by atoms with Gasteiger partial charge in [-0.15, -0.1) is 0 Å². The highest BCUT2D eigenvalue weighted by Crippen LogP contribution is 2.26. The minimum atomic E-state index is -0.917. The zero-order chi connectivity index (χ0) is 16.8. The van der Waals surface area contributed by atoms with Crippen molar-refractivity contribution in [3.63, 3.8) is 0 Å². The maximum atomic E-state index is 7.72. The molecule has 0 saturated heterocycles. The molecule has 0 aromatic heterocycles. The zero-order valence-electron chi connectivity index (χ0n) is 14.4. The Balaban J connectivity index is 0.000000433. The molecule has 0 radical (unpaired) electrons. The van der Waals surface area contributed by atoms with Gasteiger partial charge in [-0.25, -0.2) is 0 Å². The molecule has 0 fully saturated rings. The molecule has 2 nitrogen and oxygen atoms in total. The smallest absolute Gasteiger partial charge is 0.267 e. The van der Waals surface area contributed by atoms with Crippen molar-refractivity contribution < 1.29 is 5.02 Å². The molecule has 0 spiro atoms. The van der Waals surface area contributed by atoms with Crippen molar-refractivity contribution in [3.05, 3.63) is 65.2 Å². The fourth-order valence-electron chi connectivity index (χ4n) is 2.47. The summed E-state index contributed by atoms with van der Waals surface area (Å²) in [6, 6.07) is 17.3. The molecule has 112 valence electrons. The van der Waals surface area contributed by atoms with Gasteiger partial charge in [-0.1, -0.05) is 49.0 Å². The van der Waals surface area contributed by atoms with E-state index in [-0.39, 0.29) is 0 Å². The maximum absolute atomic E-state index is 7.72. The minimum absolute atomic E-state index is 0.453. The first-order chi connectivity index (χ1) is 11.0. The topological polar surface area (TPSA) is 23.5 Å². The molecule has 1 aliphatic rings. The second-order valence-electron chi connectivity index (χ2n) is 5.40. The summed E-state index contributed by atoms with van der Waals surface area (Å²) in [5.74, 6) is 6.62. The highest BCUT2D eigenvalue weighted by molar-refractivity contribution is 6.22. The van der Waals surface area contributed by atoms with E-state index in [1.165, 1.54) is 18.1 Å². The van der Waals surface area contributed by atoms with Crippen molar-refractivity contribution >= 4 is 13.1 Å². The fraction of sp³-hybridized carbons (Fsp3) is 0.263. The van der Waals surface area contributed by atoms with E-state index in [1.54, 1.807) is 0 Å². The third kappa shape index (κ3) is 3.72. The summed E-state index contributed by atoms with van der Waals surface area (Å²) in [5.41, 5.74) is 4.80. The predicted molar refractivity (Wildman–Crippen MR) is 95.4 cm³/mol. The van der Waals surface area contributed by atoms with E-state index < -0.39 is 7.45 Å². The molecule has 1 heterocycles. The molecule has 0 unspecified atom stereocenters. The summed E-state index contributed by atoms with van der Waals surface area (Å²) in [4.78, 5) is 2.42. The molecule has 1 N–H and O–H groups in total. The van der Waals surface area contributed by atoms with E-state index in [0.29, 0.717) is 6.04 Å². The van der Waals surface area contributed by atoms with Crippen molar-refractivity contribution in [2.75, 3.05) is 4.90 Å². The second kappa shape index (κ2) is 7.73. The first kappa shape index (κ1) is 14.7. The van der Waals surface area contributed by atoms with Crippen LogP contribution in [0.15, 0.2) is 48.5 Å². The summed E-state index contributed by atoms with van der Waals surface area (Å²) < 4.78 is 6.14. The molecule has 0 saturated carbocycles. The Morgan fingerprint density at radius 3 is 2.32 bits per heavy atom. The van der Waals surface area contributed by atoms with Gasteiger partial charge in [-0.3, -0.25) is 0 Å². The number of para-hydroxylation sites is 1. The summed E-state index contributed by atoms with van der Waals surface area (Å²) in [7, 11) is -0.917. The van der Waals surface area contributed by atoms with E-state index in [1.807, 2.05) is 0 Å². The van der Waals surface area contributed by atoms with E-state index in [9.17, 15) is 0 Å². The highest BCUT2D eigenvalue weighted by atomic mass is 16.2. The van der Waals surface area contributed by atoms with Gasteiger partial charge in [0.25, 0.3) is 7.45 Å². The Morgan fingerprint density at radius 2 is 1.64 bits per heavy atom. The van der Waals surface area contributed by atoms with Gasteiger partial charge in [0.1, 0.15) is 0 Å². The van der Waals surface area contributed by atoms with Crippen LogP contribution in [0.3, 0.4) is 0 Å². The third-order valence-electron chi connectivity index (χ3n) is 3.53. The highest BCUT2D eigenvalue weighted by Gasteiger charge is 2.16. The van der Waals surface area contributed by atoms with Gasteiger partial charge in [0.05, 0.1) is 5.69 Å². The van der Waals surface area contributed by atoms with E-state index >= 15 is 0 Å². The lowest BCUT2D eigenvalue weighted by Gasteiger charge is -2.31. The lowest BCUT2D eigenvalue weighted by Crippen LogP contribution is -2.31. The number of nitrogens with zero attached hydrogens (tertiary/aromatic N) is 1. The quantitative estimate of drug-likeness (QED) is 0.644. The number of hydrogen-bond donors (Lipinski definition) is 1. The van der Waals surface area contributed by atoms with E-state index in [0.717, 1.165) is 17.7 Å². The van der Waals surface area contributed by atoms with Gasteiger partial charge in [-0.05, 0) is 37.6 Å². The van der Waals surface area contributed by atoms with Crippen LogP contribution in [0.4, 0.5) is 5.69 Å². The van der Waals surface area contributed by atoms with Crippen LogP contribution in [0.1, 0.15) is 30.5 Å². The first-order valence-corrected chi connectivity index (χ1v) is 7.55. The summed E-state index contributed by atoms with van der Waals surface area (Å²) in [6.07, 6.45) is 0. The normalized spacial score (nSPS) is 12.4. The fourth-order valence-corrected chi connectivity index (χ4v) is 2.47. The molecule has 1 aliphatic heterocycles. The van der Waals surface area contributed by atoms with Crippen LogP contribution in [0.2, 0.25) is 6.82 Å². The number of fused-ring (bicyclic) bond motifs is 2. The van der Waals surface area contributed by atoms with Crippen LogP contribution < -0.4 is 4.90 Å². The summed E-state index contributed by atoms with van der Waals surface area (Å²) >= 11 is 0. The van der Waals surface area contributed by atoms with Gasteiger partial charge < -0.3 is 9.92 Å². The first-order valence-electron chi connectivity index (χ1n) is 8.12. The van der Waals surface area contributed by atoms with E-state index in [4.69, 9.17) is 6.36 Å². The van der Waals surface area contributed by atoms with Gasteiger partial charge in [-0.2, -0.15) is 0 Å². The average molecular weight is 292 g/mol. The molecule has 2 aromatic rings. The zero-order valence-corrected chi connectivity index (χ0v) is 13.4. The van der Waals surface area contributed by atoms with Crippen LogP contribution in [-0.4, -0.2) is 19.8 Å². The van der Waals surface area contributed by atoms with Crippen LogP contribution >= 0.6 is 0 Å². The summed E-state index contributed by atoms with van der Waals surface area (Å²) in [5, 5.41) is 7.72. The van der Waals surface area contributed by atoms with Gasteiger partial charge >= 0.3 is 0 Å². The number of benzene rings is 2. The molecular weight excluding hydrogens is 269 g/mol. The van der Waals surface area contributed by atoms with Crippen molar-refractivity contribution in [1.82, 2.24) is 0 Å². The lowest BCUT2D eigenvalue weighted by molar-refractivity contribution is 0.610. The van der Waals surface area contributed by atoms with Crippen LogP contribution in [-0.2, 0) is 6.54 Å². The minimum Gasteiger partial charge on any atom is -0.454 e. The molecular formula is C19H22BNO. The number of rotatable bonds is 1. The number of hydrogen-bond acceptors (Lipinski definition) is 2. The summed E-state index contributed by atoms with van der Waals surface area (Å²) in [6.45, 7) is 6.77. The largest absolute Gasteiger partial charge is 0.454 e. The Morgan fingerprint density at radius 1 is 1.09 bits per heavy atom. The lowest BCUT2D eigenvalue weighted by atomic mass is 10.0. The standard InChI is InChI=1S/C18H17N.CH5BO/c1-14(2)19-13-17-9-4-3-7-15(17)11-12-16-8-5-6-10-18(16)19;1-2-3/h3-10,14H,13H2,1-2H3;2-3H,1H3/i;2D. The van der Waals surface area contributed by atoms with Crippen molar-refractivity contribution in [2.45, 2.75) is 33.3 Å². The molecule has 0 bridgehead atoms. The Bertz CT molecular complexity index is 716. The monoisotopic (exact) mass is 292 g/mol. The predicted octanol–water partition coefficient (Wildman–Crippen LogP) is 3.19. The molecule has 0 aliphatic carbocycles. The molecule has 22 heavy (non-hydrogen) atoms. The Kier molecular flexibility index (Phi) is 5.18. The molecule has 0 amide bonds. The van der Waals surface area contributed by atoms with E-state index in [2.05, 4.69) is 79.1 Å². The van der Waals surface area contributed by atoms with Gasteiger partial charge in [0.15, 0.2) is 0 Å². The SMILES string of the molecule is CC(C)N1Cc2ccccc2C#Cc2ccccc21.[2H]B(C)O. The van der Waals surface area contributed by atoms with Gasteiger partial charge in [0, 0.05) is 25.0 Å². The van der Waals surface area contributed by atoms with Gasteiger partial charge in [0.2, 0.25) is 0 Å². The molecule has 3 rings (SSSR count). The Labute approximate surface area is 135 Å². The maximum Gasteiger partial charge on any atom is 0.267 e. The van der Waals surface area contributed by atoms with Crippen LogP contribution in [0, 0.1) is 11.8 Å². The Hall–Kier alpha value is -2.18. The third-order valence-corrected chi connectivity index (χ3v) is 3.53. The number of anilines is 1. The molecule has 0 atom stereocenters. The molecule has 3 heteroatoms. The second-order valence-corrected chi connectivity index (χ2v) is 5.40. The van der Waals surface area contributed by atoms with Crippen LogP contribution in [0.5, 0.6) is 0 Å². The van der Waals surface area contributed by atoms with Crippen molar-refractivity contribution in [3.8, 4) is 11.8 Å². The van der Waals surface area contributed by atoms with Crippen molar-refractivity contribution in [1.29, 1.82) is 1.34 Å². The average Bonchev–Trinajstić information content (AvgIpc) is 2.49.